The Bertz CT molecular complexity index is 889. The Morgan fingerprint density at radius 3 is 1.69 bits per heavy atom. The lowest BCUT2D eigenvalue weighted by atomic mass is 10.0. The van der Waals surface area contributed by atoms with Crippen molar-refractivity contribution in [3.63, 3.8) is 0 Å². The lowest BCUT2D eigenvalue weighted by molar-refractivity contribution is 0.0626. The van der Waals surface area contributed by atoms with Crippen LogP contribution in [0.5, 0.6) is 17.2 Å². The summed E-state index contributed by atoms with van der Waals surface area (Å²) in [6.07, 6.45) is -0.785. The Morgan fingerprint density at radius 2 is 1.17 bits per heavy atom. The van der Waals surface area contributed by atoms with Gasteiger partial charge in [0.25, 0.3) is 0 Å². The molecule has 150 valence electrons. The number of rotatable bonds is 10. The molecule has 0 fully saturated rings. The molecule has 0 radical (unpaired) electrons. The fraction of sp³-hybridized carbons (Fsp3) is 0.208. The third-order valence-electron chi connectivity index (χ3n) is 4.17. The van der Waals surface area contributed by atoms with Gasteiger partial charge in [-0.15, -0.1) is 0 Å². The molecule has 0 aromatic heterocycles. The van der Waals surface area contributed by atoms with Gasteiger partial charge in [-0.3, -0.25) is 4.79 Å². The predicted molar refractivity (Wildman–Crippen MR) is 111 cm³/mol. The number of ketones is 1. The number of ether oxygens (including phenoxy) is 3. The lowest BCUT2D eigenvalue weighted by Gasteiger charge is -2.14. The molecule has 0 aliphatic rings. The molecule has 0 saturated heterocycles. The standard InChI is InChI=1S/C24H24O5/c1-2-27-21-12-14-23(15-13-21)29-17-20(25)16-28-22-10-8-19(9-11-22)24(26)18-6-4-3-5-7-18/h3-15,20,25H,2,16-17H2,1H3/t20-/m0/s1. The van der Waals surface area contributed by atoms with Gasteiger partial charge in [0, 0.05) is 11.1 Å². The van der Waals surface area contributed by atoms with Crippen LogP contribution in [0, 0.1) is 0 Å². The van der Waals surface area contributed by atoms with Gasteiger partial charge in [-0.05, 0) is 55.5 Å². The van der Waals surface area contributed by atoms with Crippen LogP contribution in [0.3, 0.4) is 0 Å². The van der Waals surface area contributed by atoms with Gasteiger partial charge in [0.1, 0.15) is 36.6 Å². The van der Waals surface area contributed by atoms with Crippen molar-refractivity contribution in [2.75, 3.05) is 19.8 Å². The summed E-state index contributed by atoms with van der Waals surface area (Å²) in [7, 11) is 0. The first-order valence-corrected chi connectivity index (χ1v) is 9.52. The van der Waals surface area contributed by atoms with Gasteiger partial charge in [0.05, 0.1) is 6.61 Å². The smallest absolute Gasteiger partial charge is 0.193 e. The van der Waals surface area contributed by atoms with Crippen LogP contribution in [0.4, 0.5) is 0 Å². The SMILES string of the molecule is CCOc1ccc(OC[C@@H](O)COc2ccc(C(=O)c3ccccc3)cc2)cc1. The molecular weight excluding hydrogens is 368 g/mol. The van der Waals surface area contributed by atoms with Crippen molar-refractivity contribution in [2.24, 2.45) is 0 Å². The second-order valence-corrected chi connectivity index (χ2v) is 6.40. The molecule has 1 atom stereocenters. The first-order valence-electron chi connectivity index (χ1n) is 9.52. The van der Waals surface area contributed by atoms with E-state index in [1.165, 1.54) is 0 Å². The minimum absolute atomic E-state index is 0.0408. The zero-order valence-corrected chi connectivity index (χ0v) is 16.3. The molecule has 0 heterocycles. The highest BCUT2D eigenvalue weighted by atomic mass is 16.5. The summed E-state index contributed by atoms with van der Waals surface area (Å²) >= 11 is 0. The predicted octanol–water partition coefficient (Wildman–Crippen LogP) is 4.14. The normalized spacial score (nSPS) is 11.5. The second-order valence-electron chi connectivity index (χ2n) is 6.40. The Balaban J connectivity index is 1.45. The van der Waals surface area contributed by atoms with E-state index in [4.69, 9.17) is 14.2 Å². The van der Waals surface area contributed by atoms with Gasteiger partial charge in [0.15, 0.2) is 5.78 Å². The highest BCUT2D eigenvalue weighted by molar-refractivity contribution is 6.08. The first-order chi connectivity index (χ1) is 14.2. The van der Waals surface area contributed by atoms with Gasteiger partial charge in [-0.1, -0.05) is 30.3 Å². The molecule has 0 saturated carbocycles. The van der Waals surface area contributed by atoms with Crippen molar-refractivity contribution >= 4 is 5.78 Å². The minimum Gasteiger partial charge on any atom is -0.494 e. The number of hydrogen-bond donors (Lipinski definition) is 1. The van der Waals surface area contributed by atoms with Gasteiger partial charge < -0.3 is 19.3 Å². The minimum atomic E-state index is -0.785. The third-order valence-corrected chi connectivity index (χ3v) is 4.17. The Hall–Kier alpha value is -3.31. The molecule has 3 aromatic rings. The molecule has 0 amide bonds. The molecule has 5 nitrogen and oxygen atoms in total. The van der Waals surface area contributed by atoms with E-state index < -0.39 is 6.10 Å². The van der Waals surface area contributed by atoms with E-state index >= 15 is 0 Å². The number of benzene rings is 3. The van der Waals surface area contributed by atoms with Crippen LogP contribution in [-0.4, -0.2) is 36.8 Å². The molecule has 1 N–H and O–H groups in total. The summed E-state index contributed by atoms with van der Waals surface area (Å²) in [6.45, 7) is 2.73. The van der Waals surface area contributed by atoms with Crippen LogP contribution in [-0.2, 0) is 0 Å². The van der Waals surface area contributed by atoms with Crippen LogP contribution in [0.1, 0.15) is 22.8 Å². The molecule has 3 rings (SSSR count). The van der Waals surface area contributed by atoms with E-state index in [0.29, 0.717) is 29.2 Å². The molecular formula is C24H24O5. The van der Waals surface area contributed by atoms with E-state index in [1.54, 1.807) is 48.5 Å². The van der Waals surface area contributed by atoms with Gasteiger partial charge in [-0.25, -0.2) is 0 Å². The number of carbonyl (C=O) groups is 1. The van der Waals surface area contributed by atoms with Gasteiger partial charge in [-0.2, -0.15) is 0 Å². The molecule has 0 unspecified atom stereocenters. The van der Waals surface area contributed by atoms with E-state index in [1.807, 2.05) is 37.3 Å². The lowest BCUT2D eigenvalue weighted by Crippen LogP contribution is -2.25. The maximum Gasteiger partial charge on any atom is 0.193 e. The van der Waals surface area contributed by atoms with E-state index in [0.717, 1.165) is 5.75 Å². The molecule has 0 aliphatic heterocycles. The summed E-state index contributed by atoms with van der Waals surface area (Å²) in [5.41, 5.74) is 1.23. The van der Waals surface area contributed by atoms with E-state index in [9.17, 15) is 9.90 Å². The van der Waals surface area contributed by atoms with Crippen LogP contribution < -0.4 is 14.2 Å². The third kappa shape index (κ3) is 6.09. The molecule has 0 spiro atoms. The zero-order valence-electron chi connectivity index (χ0n) is 16.3. The van der Waals surface area contributed by atoms with Crippen molar-refractivity contribution in [1.82, 2.24) is 0 Å². The van der Waals surface area contributed by atoms with E-state index in [-0.39, 0.29) is 19.0 Å². The highest BCUT2D eigenvalue weighted by Gasteiger charge is 2.10. The van der Waals surface area contributed by atoms with Crippen molar-refractivity contribution in [3.8, 4) is 17.2 Å². The average Bonchev–Trinajstić information content (AvgIpc) is 2.78. The molecule has 5 heteroatoms. The van der Waals surface area contributed by atoms with Crippen LogP contribution in [0.25, 0.3) is 0 Å². The number of aliphatic hydroxyl groups is 1. The fourth-order valence-corrected chi connectivity index (χ4v) is 2.69. The van der Waals surface area contributed by atoms with Crippen LogP contribution in [0.15, 0.2) is 78.9 Å². The number of hydrogen-bond acceptors (Lipinski definition) is 5. The largest absolute Gasteiger partial charge is 0.494 e. The second kappa shape index (κ2) is 10.3. The van der Waals surface area contributed by atoms with E-state index in [2.05, 4.69) is 0 Å². The summed E-state index contributed by atoms with van der Waals surface area (Å²) in [4.78, 5) is 12.4. The average molecular weight is 392 g/mol. The number of aliphatic hydroxyl groups excluding tert-OH is 1. The highest BCUT2D eigenvalue weighted by Crippen LogP contribution is 2.18. The van der Waals surface area contributed by atoms with Crippen molar-refractivity contribution in [3.05, 3.63) is 90.0 Å². The topological polar surface area (TPSA) is 65.0 Å². The molecule has 0 bridgehead atoms. The number of carbonyl (C=O) groups excluding carboxylic acids is 1. The summed E-state index contributed by atoms with van der Waals surface area (Å²) in [5, 5.41) is 10.1. The first kappa shape index (κ1) is 20.4. The zero-order chi connectivity index (χ0) is 20.5. The monoisotopic (exact) mass is 392 g/mol. The Labute approximate surface area is 170 Å². The quantitative estimate of drug-likeness (QED) is 0.526. The molecule has 3 aromatic carbocycles. The van der Waals surface area contributed by atoms with Crippen molar-refractivity contribution < 1.29 is 24.1 Å². The molecule has 29 heavy (non-hydrogen) atoms. The maximum absolute atomic E-state index is 12.4. The Morgan fingerprint density at radius 1 is 0.724 bits per heavy atom. The maximum atomic E-state index is 12.4. The molecule has 0 aliphatic carbocycles. The Kier molecular flexibility index (Phi) is 7.25. The van der Waals surface area contributed by atoms with Gasteiger partial charge >= 0.3 is 0 Å². The van der Waals surface area contributed by atoms with Gasteiger partial charge in [0.2, 0.25) is 0 Å². The summed E-state index contributed by atoms with van der Waals surface area (Å²) < 4.78 is 16.5. The van der Waals surface area contributed by atoms with Crippen LogP contribution in [0.2, 0.25) is 0 Å². The van der Waals surface area contributed by atoms with Crippen LogP contribution >= 0.6 is 0 Å². The fourth-order valence-electron chi connectivity index (χ4n) is 2.69. The van der Waals surface area contributed by atoms with Crippen molar-refractivity contribution in [1.29, 1.82) is 0 Å². The van der Waals surface area contributed by atoms with Crippen molar-refractivity contribution in [2.45, 2.75) is 13.0 Å². The summed E-state index contributed by atoms with van der Waals surface area (Å²) in [5.74, 6) is 1.96. The summed E-state index contributed by atoms with van der Waals surface area (Å²) in [6, 6.07) is 23.2.